The molecule has 0 spiro atoms. The Balaban J connectivity index is 1.80. The summed E-state index contributed by atoms with van der Waals surface area (Å²) in [6, 6.07) is 25.4. The summed E-state index contributed by atoms with van der Waals surface area (Å²) in [6.45, 7) is 2.20. The van der Waals surface area contributed by atoms with Crippen molar-refractivity contribution in [2.75, 3.05) is 0 Å². The number of rotatable bonds is 5. The molecule has 0 fully saturated rings. The minimum Gasteiger partial charge on any atom is -0.290 e. The Hall–Kier alpha value is -3.73. The van der Waals surface area contributed by atoms with E-state index in [-0.39, 0.29) is 11.4 Å². The monoisotopic (exact) mass is 385 g/mol. The van der Waals surface area contributed by atoms with Gasteiger partial charge < -0.3 is 0 Å². The highest BCUT2D eigenvalue weighted by molar-refractivity contribution is 6.03. The maximum atomic E-state index is 13.3. The standard InChI is InChI=1S/C24H20FN3O/c1-17(26-16-18-12-14-20(25)15-13-18)22-23(19-8-4-2-5-9-19)27-28(24(22)29)21-10-6-3-7-11-21/h2-15,27H,16H2,1H3. The van der Waals surface area contributed by atoms with Gasteiger partial charge in [0.1, 0.15) is 5.82 Å². The zero-order chi connectivity index (χ0) is 20.2. The number of aromatic nitrogens is 2. The quantitative estimate of drug-likeness (QED) is 0.484. The van der Waals surface area contributed by atoms with Gasteiger partial charge in [0.2, 0.25) is 0 Å². The van der Waals surface area contributed by atoms with Gasteiger partial charge in [0.25, 0.3) is 5.56 Å². The van der Waals surface area contributed by atoms with Gasteiger partial charge in [-0.05, 0) is 36.8 Å². The predicted molar refractivity (Wildman–Crippen MR) is 114 cm³/mol. The van der Waals surface area contributed by atoms with E-state index in [9.17, 15) is 9.18 Å². The summed E-state index contributed by atoms with van der Waals surface area (Å²) in [5, 5.41) is 3.24. The molecule has 4 aromatic rings. The number of nitrogens with one attached hydrogen (secondary N) is 1. The summed E-state index contributed by atoms with van der Waals surface area (Å²) in [6.07, 6.45) is 0. The fourth-order valence-corrected chi connectivity index (χ4v) is 3.22. The van der Waals surface area contributed by atoms with Gasteiger partial charge in [0.05, 0.1) is 23.5 Å². The van der Waals surface area contributed by atoms with Crippen molar-refractivity contribution >= 4 is 5.71 Å². The molecular formula is C24H20FN3O. The van der Waals surface area contributed by atoms with E-state index in [1.807, 2.05) is 67.6 Å². The van der Waals surface area contributed by atoms with E-state index in [0.29, 0.717) is 17.8 Å². The second-order valence-electron chi connectivity index (χ2n) is 6.73. The molecule has 1 aromatic heterocycles. The van der Waals surface area contributed by atoms with Crippen LogP contribution in [0.2, 0.25) is 0 Å². The zero-order valence-electron chi connectivity index (χ0n) is 16.0. The number of para-hydroxylation sites is 1. The fourth-order valence-electron chi connectivity index (χ4n) is 3.22. The molecule has 0 unspecified atom stereocenters. The molecule has 144 valence electrons. The van der Waals surface area contributed by atoms with Crippen molar-refractivity contribution in [3.05, 3.63) is 112 Å². The Kier molecular flexibility index (Phi) is 5.20. The first-order valence-corrected chi connectivity index (χ1v) is 9.35. The molecule has 1 heterocycles. The summed E-state index contributed by atoms with van der Waals surface area (Å²) < 4.78 is 14.7. The van der Waals surface area contributed by atoms with Crippen molar-refractivity contribution in [1.29, 1.82) is 0 Å². The summed E-state index contributed by atoms with van der Waals surface area (Å²) in [7, 11) is 0. The van der Waals surface area contributed by atoms with Crippen LogP contribution in [0.3, 0.4) is 0 Å². The lowest BCUT2D eigenvalue weighted by atomic mass is 10.1. The molecule has 0 radical (unpaired) electrons. The van der Waals surface area contributed by atoms with Crippen molar-refractivity contribution < 1.29 is 4.39 Å². The molecule has 0 aliphatic heterocycles. The number of aromatic amines is 1. The fraction of sp³-hybridized carbons (Fsp3) is 0.0833. The van der Waals surface area contributed by atoms with Gasteiger partial charge in [-0.15, -0.1) is 0 Å². The molecule has 1 N–H and O–H groups in total. The number of aliphatic imine (C=N–C) groups is 1. The lowest BCUT2D eigenvalue weighted by molar-refractivity contribution is 0.627. The van der Waals surface area contributed by atoms with Gasteiger partial charge in [0, 0.05) is 11.3 Å². The first-order chi connectivity index (χ1) is 14.1. The second-order valence-corrected chi connectivity index (χ2v) is 6.73. The molecule has 3 aromatic carbocycles. The van der Waals surface area contributed by atoms with E-state index in [4.69, 9.17) is 0 Å². The molecule has 0 saturated heterocycles. The number of hydrogen-bond donors (Lipinski definition) is 1. The second kappa shape index (κ2) is 8.10. The molecule has 0 aliphatic carbocycles. The van der Waals surface area contributed by atoms with Crippen LogP contribution >= 0.6 is 0 Å². The third-order valence-corrected chi connectivity index (χ3v) is 4.74. The van der Waals surface area contributed by atoms with E-state index < -0.39 is 0 Å². The predicted octanol–water partition coefficient (Wildman–Crippen LogP) is 4.98. The smallest absolute Gasteiger partial charge is 0.280 e. The molecule has 0 atom stereocenters. The summed E-state index contributed by atoms with van der Waals surface area (Å²) >= 11 is 0. The maximum Gasteiger partial charge on any atom is 0.280 e. The van der Waals surface area contributed by atoms with Gasteiger partial charge in [-0.25, -0.2) is 9.07 Å². The molecule has 4 nitrogen and oxygen atoms in total. The van der Waals surface area contributed by atoms with Crippen LogP contribution in [0.15, 0.2) is 94.7 Å². The number of nitrogens with zero attached hydrogens (tertiary/aromatic N) is 2. The normalized spacial score (nSPS) is 11.6. The minimum absolute atomic E-state index is 0.157. The minimum atomic E-state index is -0.280. The van der Waals surface area contributed by atoms with Gasteiger partial charge in [-0.3, -0.25) is 14.9 Å². The van der Waals surface area contributed by atoms with Gasteiger partial charge >= 0.3 is 0 Å². The average Bonchev–Trinajstić information content (AvgIpc) is 3.11. The molecule has 5 heteroatoms. The van der Waals surface area contributed by atoms with Crippen molar-refractivity contribution in [2.45, 2.75) is 13.5 Å². The Morgan fingerprint density at radius 1 is 0.931 bits per heavy atom. The van der Waals surface area contributed by atoms with Crippen LogP contribution < -0.4 is 5.56 Å². The maximum absolute atomic E-state index is 13.3. The number of benzene rings is 3. The third-order valence-electron chi connectivity index (χ3n) is 4.74. The van der Waals surface area contributed by atoms with Crippen LogP contribution in [0.4, 0.5) is 4.39 Å². The number of hydrogen-bond acceptors (Lipinski definition) is 2. The van der Waals surface area contributed by atoms with E-state index in [2.05, 4.69) is 10.1 Å². The van der Waals surface area contributed by atoms with Gasteiger partial charge in [0.15, 0.2) is 0 Å². The van der Waals surface area contributed by atoms with Crippen LogP contribution in [0.25, 0.3) is 16.9 Å². The molecule has 4 rings (SSSR count). The van der Waals surface area contributed by atoms with Crippen molar-refractivity contribution in [3.8, 4) is 16.9 Å². The van der Waals surface area contributed by atoms with Crippen LogP contribution in [0, 0.1) is 5.82 Å². The average molecular weight is 385 g/mol. The van der Waals surface area contributed by atoms with Gasteiger partial charge in [-0.1, -0.05) is 60.7 Å². The molecule has 0 aliphatic rings. The van der Waals surface area contributed by atoms with E-state index in [1.165, 1.54) is 16.8 Å². The van der Waals surface area contributed by atoms with Crippen molar-refractivity contribution in [1.82, 2.24) is 9.78 Å². The van der Waals surface area contributed by atoms with Crippen LogP contribution in [-0.2, 0) is 6.54 Å². The molecule has 0 amide bonds. The summed E-state index contributed by atoms with van der Waals surface area (Å²) in [5.74, 6) is -0.280. The van der Waals surface area contributed by atoms with Crippen LogP contribution in [-0.4, -0.2) is 15.5 Å². The molecule has 0 saturated carbocycles. The van der Waals surface area contributed by atoms with Crippen LogP contribution in [0.1, 0.15) is 18.1 Å². The highest BCUT2D eigenvalue weighted by atomic mass is 19.1. The lowest BCUT2D eigenvalue weighted by Gasteiger charge is -2.03. The summed E-state index contributed by atoms with van der Waals surface area (Å²) in [5.41, 5.74) is 4.27. The highest BCUT2D eigenvalue weighted by Crippen LogP contribution is 2.21. The van der Waals surface area contributed by atoms with E-state index in [1.54, 1.807) is 12.1 Å². The van der Waals surface area contributed by atoms with Crippen molar-refractivity contribution in [3.63, 3.8) is 0 Å². The Bertz CT molecular complexity index is 1190. The molecule has 0 bridgehead atoms. The van der Waals surface area contributed by atoms with E-state index in [0.717, 1.165) is 22.5 Å². The van der Waals surface area contributed by atoms with Crippen molar-refractivity contribution in [2.24, 2.45) is 4.99 Å². The first-order valence-electron chi connectivity index (χ1n) is 9.35. The SMILES string of the molecule is CC(=NCc1ccc(F)cc1)c1c(-c2ccccc2)[nH]n(-c2ccccc2)c1=O. The third kappa shape index (κ3) is 3.94. The molecular weight excluding hydrogens is 365 g/mol. The Labute approximate surface area is 168 Å². The zero-order valence-corrected chi connectivity index (χ0v) is 16.0. The number of H-pyrrole nitrogens is 1. The topological polar surface area (TPSA) is 50.1 Å². The van der Waals surface area contributed by atoms with Crippen LogP contribution in [0.5, 0.6) is 0 Å². The first kappa shape index (κ1) is 18.6. The largest absolute Gasteiger partial charge is 0.290 e. The summed E-state index contributed by atoms with van der Waals surface area (Å²) in [4.78, 5) is 17.9. The van der Waals surface area contributed by atoms with Gasteiger partial charge in [-0.2, -0.15) is 0 Å². The highest BCUT2D eigenvalue weighted by Gasteiger charge is 2.19. The Morgan fingerprint density at radius 3 is 2.21 bits per heavy atom. The molecule has 29 heavy (non-hydrogen) atoms. The number of halogens is 1. The lowest BCUT2D eigenvalue weighted by Crippen LogP contribution is -2.19. The van der Waals surface area contributed by atoms with E-state index >= 15 is 0 Å². The Morgan fingerprint density at radius 2 is 1.55 bits per heavy atom.